The van der Waals surface area contributed by atoms with E-state index < -0.39 is 10.0 Å². The van der Waals surface area contributed by atoms with Crippen LogP contribution >= 0.6 is 0 Å². The number of rotatable bonds is 6. The fourth-order valence-electron chi connectivity index (χ4n) is 2.39. The summed E-state index contributed by atoms with van der Waals surface area (Å²) in [6.45, 7) is 6.03. The fourth-order valence-corrected chi connectivity index (χ4v) is 3.60. The summed E-state index contributed by atoms with van der Waals surface area (Å²) in [5.74, 6) is 0.0664. The standard InChI is InChI=1S/C16H25N3O3S/c1-12(2)10-18-23(21,22)15-7-5-13(6-8-15)16(20)19-14-4-3-9-17-11-14/h5-8,12,14,17-18H,3-4,9-11H2,1-2H3,(H,19,20). The first-order chi connectivity index (χ1) is 10.9. The number of nitrogens with one attached hydrogen (secondary N) is 3. The molecule has 1 atom stereocenters. The predicted octanol–water partition coefficient (Wildman–Crippen LogP) is 1.10. The largest absolute Gasteiger partial charge is 0.348 e. The van der Waals surface area contributed by atoms with Gasteiger partial charge in [-0.1, -0.05) is 13.8 Å². The van der Waals surface area contributed by atoms with E-state index in [0.29, 0.717) is 12.1 Å². The van der Waals surface area contributed by atoms with Gasteiger partial charge in [0.15, 0.2) is 0 Å². The quantitative estimate of drug-likeness (QED) is 0.724. The molecule has 1 fully saturated rings. The van der Waals surface area contributed by atoms with Crippen molar-refractivity contribution in [1.82, 2.24) is 15.4 Å². The van der Waals surface area contributed by atoms with Crippen molar-refractivity contribution >= 4 is 15.9 Å². The summed E-state index contributed by atoms with van der Waals surface area (Å²) < 4.78 is 26.8. The van der Waals surface area contributed by atoms with Gasteiger partial charge >= 0.3 is 0 Å². The molecule has 0 radical (unpaired) electrons. The predicted molar refractivity (Wildman–Crippen MR) is 89.8 cm³/mol. The molecule has 0 bridgehead atoms. The molecule has 128 valence electrons. The molecule has 1 aromatic carbocycles. The van der Waals surface area contributed by atoms with E-state index in [9.17, 15) is 13.2 Å². The molecule has 1 aliphatic rings. The highest BCUT2D eigenvalue weighted by Crippen LogP contribution is 2.12. The van der Waals surface area contributed by atoms with Crippen molar-refractivity contribution in [3.05, 3.63) is 29.8 Å². The van der Waals surface area contributed by atoms with Crippen LogP contribution in [-0.4, -0.2) is 40.0 Å². The van der Waals surface area contributed by atoms with Gasteiger partial charge in [0, 0.05) is 24.7 Å². The molecule has 1 aromatic rings. The second kappa shape index (κ2) is 7.90. The molecule has 0 spiro atoms. The zero-order valence-electron chi connectivity index (χ0n) is 13.6. The highest BCUT2D eigenvalue weighted by Gasteiger charge is 2.18. The molecule has 0 saturated carbocycles. The van der Waals surface area contributed by atoms with Gasteiger partial charge in [0.25, 0.3) is 5.91 Å². The van der Waals surface area contributed by atoms with Crippen molar-refractivity contribution in [2.45, 2.75) is 37.6 Å². The normalized spacial score (nSPS) is 18.8. The Bertz CT molecular complexity index is 620. The molecule has 23 heavy (non-hydrogen) atoms. The van der Waals surface area contributed by atoms with Crippen molar-refractivity contribution in [3.8, 4) is 0 Å². The first-order valence-electron chi connectivity index (χ1n) is 8.00. The lowest BCUT2D eigenvalue weighted by Gasteiger charge is -2.23. The minimum atomic E-state index is -3.52. The van der Waals surface area contributed by atoms with Gasteiger partial charge < -0.3 is 10.6 Å². The molecule has 1 aliphatic heterocycles. The smallest absolute Gasteiger partial charge is 0.251 e. The second-order valence-electron chi connectivity index (χ2n) is 6.29. The molecule has 0 aliphatic carbocycles. The maximum absolute atomic E-state index is 12.2. The van der Waals surface area contributed by atoms with Crippen molar-refractivity contribution in [3.63, 3.8) is 0 Å². The summed E-state index contributed by atoms with van der Waals surface area (Å²) in [5, 5.41) is 6.21. The third kappa shape index (κ3) is 5.30. The van der Waals surface area contributed by atoms with Crippen LogP contribution in [0.25, 0.3) is 0 Å². The minimum absolute atomic E-state index is 0.132. The van der Waals surface area contributed by atoms with Gasteiger partial charge in [-0.15, -0.1) is 0 Å². The second-order valence-corrected chi connectivity index (χ2v) is 8.05. The summed E-state index contributed by atoms with van der Waals surface area (Å²) in [7, 11) is -3.52. The summed E-state index contributed by atoms with van der Waals surface area (Å²) in [6, 6.07) is 6.17. The van der Waals surface area contributed by atoms with E-state index in [-0.39, 0.29) is 22.8 Å². The van der Waals surface area contributed by atoms with E-state index in [4.69, 9.17) is 0 Å². The summed E-state index contributed by atoms with van der Waals surface area (Å²) in [5.41, 5.74) is 0.471. The lowest BCUT2D eigenvalue weighted by Crippen LogP contribution is -2.45. The Labute approximate surface area is 138 Å². The maximum atomic E-state index is 12.2. The molecule has 2 rings (SSSR count). The van der Waals surface area contributed by atoms with Crippen LogP contribution in [0.1, 0.15) is 37.0 Å². The fraction of sp³-hybridized carbons (Fsp3) is 0.562. The van der Waals surface area contributed by atoms with Crippen LogP contribution in [0.4, 0.5) is 0 Å². The Kier molecular flexibility index (Phi) is 6.15. The van der Waals surface area contributed by atoms with Crippen molar-refractivity contribution < 1.29 is 13.2 Å². The van der Waals surface area contributed by atoms with Crippen molar-refractivity contribution in [1.29, 1.82) is 0 Å². The van der Waals surface area contributed by atoms with Gasteiger partial charge in [0.1, 0.15) is 0 Å². The Balaban J connectivity index is 1.99. The number of amides is 1. The minimum Gasteiger partial charge on any atom is -0.348 e. The number of hydrogen-bond acceptors (Lipinski definition) is 4. The summed E-state index contributed by atoms with van der Waals surface area (Å²) in [6.07, 6.45) is 2.01. The van der Waals surface area contributed by atoms with Gasteiger partial charge in [0.05, 0.1) is 4.90 Å². The number of benzene rings is 1. The van der Waals surface area contributed by atoms with Crippen LogP contribution in [0.3, 0.4) is 0 Å². The van der Waals surface area contributed by atoms with E-state index in [1.165, 1.54) is 12.1 Å². The lowest BCUT2D eigenvalue weighted by molar-refractivity contribution is 0.0930. The van der Waals surface area contributed by atoms with Crippen LogP contribution in [0, 0.1) is 5.92 Å². The monoisotopic (exact) mass is 339 g/mol. The van der Waals surface area contributed by atoms with Gasteiger partial charge in [-0.05, 0) is 49.6 Å². The Morgan fingerprint density at radius 1 is 1.30 bits per heavy atom. The number of sulfonamides is 1. The molecule has 7 heteroatoms. The molecular formula is C16H25N3O3S. The van der Waals surface area contributed by atoms with E-state index >= 15 is 0 Å². The first kappa shape index (κ1) is 17.9. The molecule has 0 aromatic heterocycles. The van der Waals surface area contributed by atoms with Crippen LogP contribution < -0.4 is 15.4 Å². The number of piperidine rings is 1. The van der Waals surface area contributed by atoms with Crippen LogP contribution in [0.2, 0.25) is 0 Å². The third-order valence-corrected chi connectivity index (χ3v) is 5.18. The van der Waals surface area contributed by atoms with Gasteiger partial charge in [-0.25, -0.2) is 13.1 Å². The Morgan fingerprint density at radius 3 is 2.57 bits per heavy atom. The molecule has 1 heterocycles. The van der Waals surface area contributed by atoms with Crippen LogP contribution in [0.15, 0.2) is 29.2 Å². The van der Waals surface area contributed by atoms with Gasteiger partial charge in [0.2, 0.25) is 10.0 Å². The highest BCUT2D eigenvalue weighted by molar-refractivity contribution is 7.89. The van der Waals surface area contributed by atoms with Crippen molar-refractivity contribution in [2.24, 2.45) is 5.92 Å². The zero-order chi connectivity index (χ0) is 16.9. The maximum Gasteiger partial charge on any atom is 0.251 e. The molecular weight excluding hydrogens is 314 g/mol. The Morgan fingerprint density at radius 2 is 2.00 bits per heavy atom. The Hall–Kier alpha value is -1.44. The molecule has 1 unspecified atom stereocenters. The number of hydrogen-bond donors (Lipinski definition) is 3. The zero-order valence-corrected chi connectivity index (χ0v) is 14.4. The van der Waals surface area contributed by atoms with E-state index in [0.717, 1.165) is 25.9 Å². The highest BCUT2D eigenvalue weighted by atomic mass is 32.2. The average molecular weight is 339 g/mol. The van der Waals surface area contributed by atoms with E-state index in [2.05, 4.69) is 15.4 Å². The van der Waals surface area contributed by atoms with E-state index in [1.807, 2.05) is 13.8 Å². The van der Waals surface area contributed by atoms with Gasteiger partial charge in [-0.3, -0.25) is 4.79 Å². The van der Waals surface area contributed by atoms with Crippen molar-refractivity contribution in [2.75, 3.05) is 19.6 Å². The lowest BCUT2D eigenvalue weighted by atomic mass is 10.1. The molecule has 1 amide bonds. The third-order valence-electron chi connectivity index (χ3n) is 3.74. The van der Waals surface area contributed by atoms with E-state index in [1.54, 1.807) is 12.1 Å². The SMILES string of the molecule is CC(C)CNS(=O)(=O)c1ccc(C(=O)NC2CCCNC2)cc1. The number of carbonyl (C=O) groups excluding carboxylic acids is 1. The average Bonchev–Trinajstić information content (AvgIpc) is 2.54. The van der Waals surface area contributed by atoms with Crippen LogP contribution in [0.5, 0.6) is 0 Å². The summed E-state index contributed by atoms with van der Waals surface area (Å²) in [4.78, 5) is 12.4. The topological polar surface area (TPSA) is 87.3 Å². The first-order valence-corrected chi connectivity index (χ1v) is 9.48. The molecule has 1 saturated heterocycles. The molecule has 3 N–H and O–H groups in total. The van der Waals surface area contributed by atoms with Gasteiger partial charge in [-0.2, -0.15) is 0 Å². The van der Waals surface area contributed by atoms with Crippen LogP contribution in [-0.2, 0) is 10.0 Å². The number of carbonyl (C=O) groups is 1. The summed E-state index contributed by atoms with van der Waals surface area (Å²) >= 11 is 0. The molecule has 6 nitrogen and oxygen atoms in total.